The Morgan fingerprint density at radius 1 is 1.17 bits per heavy atom. The third-order valence-corrected chi connectivity index (χ3v) is 7.28. The van der Waals surface area contributed by atoms with Crippen LogP contribution in [0.5, 0.6) is 0 Å². The zero-order chi connectivity index (χ0) is 21.1. The van der Waals surface area contributed by atoms with E-state index in [2.05, 4.69) is 32.6 Å². The van der Waals surface area contributed by atoms with Crippen molar-refractivity contribution in [3.05, 3.63) is 57.5 Å². The SMILES string of the molecule is Cc1cc(Br)ccc1NC(=O)CNC(=O)C1CCCCC1c1nc2ccccc2s1. The van der Waals surface area contributed by atoms with Crippen molar-refractivity contribution in [3.8, 4) is 0 Å². The van der Waals surface area contributed by atoms with E-state index in [1.54, 1.807) is 11.3 Å². The number of aryl methyl sites for hydroxylation is 1. The second-order valence-electron chi connectivity index (χ2n) is 7.74. The summed E-state index contributed by atoms with van der Waals surface area (Å²) >= 11 is 5.10. The monoisotopic (exact) mass is 485 g/mol. The van der Waals surface area contributed by atoms with E-state index in [0.717, 1.165) is 56.6 Å². The van der Waals surface area contributed by atoms with E-state index in [4.69, 9.17) is 4.98 Å². The maximum atomic E-state index is 12.9. The Kier molecular flexibility index (Phi) is 6.49. The zero-order valence-corrected chi connectivity index (χ0v) is 19.2. The van der Waals surface area contributed by atoms with Crippen LogP contribution >= 0.6 is 27.3 Å². The molecule has 30 heavy (non-hydrogen) atoms. The largest absolute Gasteiger partial charge is 0.347 e. The molecule has 1 aliphatic rings. The van der Waals surface area contributed by atoms with Crippen LogP contribution in [0.3, 0.4) is 0 Å². The van der Waals surface area contributed by atoms with Gasteiger partial charge in [-0.15, -0.1) is 11.3 Å². The minimum Gasteiger partial charge on any atom is -0.347 e. The average Bonchev–Trinajstić information content (AvgIpc) is 3.18. The summed E-state index contributed by atoms with van der Waals surface area (Å²) in [5, 5.41) is 6.76. The molecule has 5 nitrogen and oxygen atoms in total. The van der Waals surface area contributed by atoms with Crippen molar-refractivity contribution in [2.24, 2.45) is 5.92 Å². The fourth-order valence-electron chi connectivity index (χ4n) is 4.05. The van der Waals surface area contributed by atoms with Gasteiger partial charge in [0.15, 0.2) is 0 Å². The summed E-state index contributed by atoms with van der Waals surface area (Å²) in [5.41, 5.74) is 2.71. The maximum Gasteiger partial charge on any atom is 0.243 e. The number of aromatic nitrogens is 1. The number of nitrogens with one attached hydrogen (secondary N) is 2. The molecule has 4 rings (SSSR count). The predicted octanol–water partition coefficient (Wildman–Crippen LogP) is 5.40. The van der Waals surface area contributed by atoms with Gasteiger partial charge in [0, 0.05) is 22.0 Å². The Labute approximate surface area is 188 Å². The molecule has 7 heteroatoms. The molecule has 0 spiro atoms. The number of amides is 2. The zero-order valence-electron chi connectivity index (χ0n) is 16.8. The second-order valence-corrected chi connectivity index (χ2v) is 9.72. The molecule has 2 atom stereocenters. The Morgan fingerprint density at radius 3 is 2.77 bits per heavy atom. The third-order valence-electron chi connectivity index (χ3n) is 5.62. The van der Waals surface area contributed by atoms with E-state index >= 15 is 0 Å². The second kappa shape index (κ2) is 9.27. The highest BCUT2D eigenvalue weighted by molar-refractivity contribution is 9.10. The van der Waals surface area contributed by atoms with Gasteiger partial charge in [-0.1, -0.05) is 40.9 Å². The van der Waals surface area contributed by atoms with Gasteiger partial charge in [-0.25, -0.2) is 4.98 Å². The molecule has 0 radical (unpaired) electrons. The van der Waals surface area contributed by atoms with E-state index in [9.17, 15) is 9.59 Å². The molecule has 2 amide bonds. The van der Waals surface area contributed by atoms with Crippen molar-refractivity contribution in [2.75, 3.05) is 11.9 Å². The number of carbonyl (C=O) groups excluding carboxylic acids is 2. The molecular weight excluding hydrogens is 462 g/mol. The number of anilines is 1. The predicted molar refractivity (Wildman–Crippen MR) is 125 cm³/mol. The van der Waals surface area contributed by atoms with Crippen LogP contribution in [0.25, 0.3) is 10.2 Å². The number of fused-ring (bicyclic) bond motifs is 1. The Balaban J connectivity index is 1.40. The number of para-hydroxylation sites is 1. The van der Waals surface area contributed by atoms with Gasteiger partial charge < -0.3 is 10.6 Å². The van der Waals surface area contributed by atoms with Gasteiger partial charge in [0.1, 0.15) is 0 Å². The summed E-state index contributed by atoms with van der Waals surface area (Å²) in [5.74, 6) is -0.294. The van der Waals surface area contributed by atoms with E-state index in [1.165, 1.54) is 0 Å². The normalized spacial score (nSPS) is 18.9. The average molecular weight is 486 g/mol. The summed E-state index contributed by atoms with van der Waals surface area (Å²) in [6.45, 7) is 1.90. The smallest absolute Gasteiger partial charge is 0.243 e. The van der Waals surface area contributed by atoms with Gasteiger partial charge in [0.25, 0.3) is 0 Å². The molecule has 1 heterocycles. The number of thiazole rings is 1. The lowest BCUT2D eigenvalue weighted by atomic mass is 9.79. The number of hydrogen-bond donors (Lipinski definition) is 2. The van der Waals surface area contributed by atoms with Gasteiger partial charge in [-0.05, 0) is 55.7 Å². The van der Waals surface area contributed by atoms with Gasteiger partial charge in [-0.2, -0.15) is 0 Å². The molecule has 1 fully saturated rings. The van der Waals surface area contributed by atoms with Crippen molar-refractivity contribution in [2.45, 2.75) is 38.5 Å². The summed E-state index contributed by atoms with van der Waals surface area (Å²) in [6.07, 6.45) is 3.93. The lowest BCUT2D eigenvalue weighted by Gasteiger charge is -2.29. The van der Waals surface area contributed by atoms with Crippen LogP contribution in [-0.2, 0) is 9.59 Å². The first-order chi connectivity index (χ1) is 14.5. The molecule has 156 valence electrons. The molecule has 2 aromatic carbocycles. The maximum absolute atomic E-state index is 12.9. The van der Waals surface area contributed by atoms with Crippen molar-refractivity contribution < 1.29 is 9.59 Å². The van der Waals surface area contributed by atoms with Crippen LogP contribution in [0.2, 0.25) is 0 Å². The molecule has 1 aromatic heterocycles. The highest BCUT2D eigenvalue weighted by Gasteiger charge is 2.34. The number of hydrogen-bond acceptors (Lipinski definition) is 4. The minimum absolute atomic E-state index is 0.0304. The van der Waals surface area contributed by atoms with Gasteiger partial charge in [-0.3, -0.25) is 9.59 Å². The number of nitrogens with zero attached hydrogens (tertiary/aromatic N) is 1. The molecule has 0 bridgehead atoms. The van der Waals surface area contributed by atoms with Crippen LogP contribution in [0.15, 0.2) is 46.9 Å². The topological polar surface area (TPSA) is 71.1 Å². The minimum atomic E-state index is -0.221. The van der Waals surface area contributed by atoms with Gasteiger partial charge in [0.2, 0.25) is 11.8 Å². The van der Waals surface area contributed by atoms with E-state index in [1.807, 2.05) is 43.3 Å². The first-order valence-electron chi connectivity index (χ1n) is 10.2. The lowest BCUT2D eigenvalue weighted by Crippen LogP contribution is -2.39. The quantitative estimate of drug-likeness (QED) is 0.508. The van der Waals surface area contributed by atoms with Crippen LogP contribution in [0.1, 0.15) is 42.2 Å². The number of rotatable bonds is 5. The molecule has 0 aliphatic heterocycles. The Bertz CT molecular complexity index is 1050. The van der Waals surface area contributed by atoms with Gasteiger partial charge >= 0.3 is 0 Å². The highest BCUT2D eigenvalue weighted by Crippen LogP contribution is 2.40. The molecule has 1 aliphatic carbocycles. The summed E-state index contributed by atoms with van der Waals surface area (Å²) in [4.78, 5) is 30.1. The van der Waals surface area contributed by atoms with Crippen molar-refractivity contribution in [3.63, 3.8) is 0 Å². The Hall–Kier alpha value is -2.25. The molecule has 2 N–H and O–H groups in total. The highest BCUT2D eigenvalue weighted by atomic mass is 79.9. The number of benzene rings is 2. The van der Waals surface area contributed by atoms with E-state index in [-0.39, 0.29) is 30.2 Å². The van der Waals surface area contributed by atoms with Crippen LogP contribution in [0, 0.1) is 12.8 Å². The third kappa shape index (κ3) is 4.73. The number of carbonyl (C=O) groups is 2. The lowest BCUT2D eigenvalue weighted by molar-refractivity contribution is -0.128. The molecular formula is C23H24BrN3O2S. The Morgan fingerprint density at radius 2 is 1.97 bits per heavy atom. The van der Waals surface area contributed by atoms with Crippen molar-refractivity contribution in [1.82, 2.24) is 10.3 Å². The summed E-state index contributed by atoms with van der Waals surface area (Å²) in [7, 11) is 0. The molecule has 2 unspecified atom stereocenters. The molecule has 1 saturated carbocycles. The van der Waals surface area contributed by atoms with Crippen LogP contribution in [0.4, 0.5) is 5.69 Å². The van der Waals surface area contributed by atoms with Gasteiger partial charge in [0.05, 0.1) is 21.8 Å². The first kappa shape index (κ1) is 21.0. The van der Waals surface area contributed by atoms with Crippen molar-refractivity contribution >= 4 is 55.0 Å². The number of halogens is 1. The fourth-order valence-corrected chi connectivity index (χ4v) is 5.69. The van der Waals surface area contributed by atoms with Crippen LogP contribution < -0.4 is 10.6 Å². The summed E-state index contributed by atoms with van der Waals surface area (Å²) < 4.78 is 2.12. The van der Waals surface area contributed by atoms with E-state index in [0.29, 0.717) is 0 Å². The summed E-state index contributed by atoms with van der Waals surface area (Å²) in [6, 6.07) is 13.8. The standard InChI is InChI=1S/C23H24BrN3O2S/c1-14-12-15(24)10-11-18(14)26-21(28)13-25-22(29)16-6-2-3-7-17(16)23-27-19-8-4-5-9-20(19)30-23/h4-5,8-12,16-17H,2-3,6-7,13H2,1H3,(H,25,29)(H,26,28). The first-order valence-corrected chi connectivity index (χ1v) is 11.8. The molecule has 3 aromatic rings. The van der Waals surface area contributed by atoms with Crippen LogP contribution in [-0.4, -0.2) is 23.3 Å². The van der Waals surface area contributed by atoms with Crippen molar-refractivity contribution in [1.29, 1.82) is 0 Å². The van der Waals surface area contributed by atoms with E-state index < -0.39 is 0 Å². The fraction of sp³-hybridized carbons (Fsp3) is 0.348. The molecule has 0 saturated heterocycles.